The molecule has 0 amide bonds. The lowest BCUT2D eigenvalue weighted by molar-refractivity contribution is 0.577. The van der Waals surface area contributed by atoms with E-state index < -0.39 is 0 Å². The number of aromatic nitrogens is 3. The standard InChI is InChI=1S/C15H20N4O2/c1-10-9-16-13-11(12(10)19-7-5-4-6-8-19)14(20)18(3)15(21)17(13)2/h9H,4-8H2,1-3H3. The van der Waals surface area contributed by atoms with E-state index in [0.29, 0.717) is 11.0 Å². The molecule has 3 heterocycles. The van der Waals surface area contributed by atoms with E-state index in [0.717, 1.165) is 41.7 Å². The molecular weight excluding hydrogens is 268 g/mol. The smallest absolute Gasteiger partial charge is 0.332 e. The molecule has 0 bridgehead atoms. The third-order valence-electron chi connectivity index (χ3n) is 4.30. The van der Waals surface area contributed by atoms with Crippen LogP contribution in [0.25, 0.3) is 11.0 Å². The van der Waals surface area contributed by atoms with E-state index in [2.05, 4.69) is 9.88 Å². The van der Waals surface area contributed by atoms with Crippen LogP contribution in [-0.4, -0.2) is 27.2 Å². The van der Waals surface area contributed by atoms with Crippen LogP contribution in [0.3, 0.4) is 0 Å². The Morgan fingerprint density at radius 2 is 1.71 bits per heavy atom. The van der Waals surface area contributed by atoms with Gasteiger partial charge in [-0.3, -0.25) is 13.9 Å². The summed E-state index contributed by atoms with van der Waals surface area (Å²) in [5.74, 6) is 0. The molecule has 21 heavy (non-hydrogen) atoms. The summed E-state index contributed by atoms with van der Waals surface area (Å²) in [4.78, 5) is 31.2. The Balaban J connectivity index is 2.40. The first-order valence-corrected chi connectivity index (χ1v) is 7.32. The molecule has 0 saturated carbocycles. The maximum absolute atomic E-state index is 12.6. The van der Waals surface area contributed by atoms with Crippen molar-refractivity contribution in [1.82, 2.24) is 14.1 Å². The molecule has 2 aromatic heterocycles. The van der Waals surface area contributed by atoms with Crippen molar-refractivity contribution in [3.05, 3.63) is 32.6 Å². The third-order valence-corrected chi connectivity index (χ3v) is 4.30. The summed E-state index contributed by atoms with van der Waals surface area (Å²) in [5.41, 5.74) is 1.80. The van der Waals surface area contributed by atoms with E-state index in [-0.39, 0.29) is 11.2 Å². The number of nitrogens with zero attached hydrogens (tertiary/aromatic N) is 4. The fourth-order valence-electron chi connectivity index (χ4n) is 3.13. The molecular formula is C15H20N4O2. The Kier molecular flexibility index (Phi) is 3.31. The summed E-state index contributed by atoms with van der Waals surface area (Å²) >= 11 is 0. The second-order valence-electron chi connectivity index (χ2n) is 5.74. The fourth-order valence-corrected chi connectivity index (χ4v) is 3.13. The van der Waals surface area contributed by atoms with Crippen molar-refractivity contribution < 1.29 is 0 Å². The van der Waals surface area contributed by atoms with Crippen LogP contribution < -0.4 is 16.1 Å². The number of rotatable bonds is 1. The van der Waals surface area contributed by atoms with Crippen molar-refractivity contribution in [2.24, 2.45) is 14.1 Å². The van der Waals surface area contributed by atoms with Gasteiger partial charge in [0.25, 0.3) is 5.56 Å². The SMILES string of the molecule is Cc1cnc2c(c1N1CCCCC1)c(=O)n(C)c(=O)n2C. The van der Waals surface area contributed by atoms with Gasteiger partial charge in [-0.2, -0.15) is 0 Å². The Hall–Kier alpha value is -2.11. The lowest BCUT2D eigenvalue weighted by Gasteiger charge is -2.31. The highest BCUT2D eigenvalue weighted by molar-refractivity contribution is 5.90. The highest BCUT2D eigenvalue weighted by Gasteiger charge is 2.21. The first-order valence-electron chi connectivity index (χ1n) is 7.32. The second kappa shape index (κ2) is 5.02. The molecule has 1 aliphatic rings. The van der Waals surface area contributed by atoms with Crippen LogP contribution in [0, 0.1) is 6.92 Å². The molecule has 1 fully saturated rings. The molecule has 6 nitrogen and oxygen atoms in total. The predicted octanol–water partition coefficient (Wildman–Crippen LogP) is 0.931. The van der Waals surface area contributed by atoms with Gasteiger partial charge in [-0.25, -0.2) is 9.78 Å². The third kappa shape index (κ3) is 2.05. The molecule has 0 spiro atoms. The molecule has 112 valence electrons. The zero-order chi connectivity index (χ0) is 15.1. The highest BCUT2D eigenvalue weighted by atomic mass is 16.2. The van der Waals surface area contributed by atoms with Gasteiger partial charge in [-0.05, 0) is 31.7 Å². The number of anilines is 1. The van der Waals surface area contributed by atoms with Gasteiger partial charge in [-0.1, -0.05) is 0 Å². The number of aryl methyl sites for hydroxylation is 2. The lowest BCUT2D eigenvalue weighted by Crippen LogP contribution is -2.39. The summed E-state index contributed by atoms with van der Waals surface area (Å²) in [6.07, 6.45) is 5.25. The van der Waals surface area contributed by atoms with E-state index in [9.17, 15) is 9.59 Å². The number of hydrogen-bond donors (Lipinski definition) is 0. The van der Waals surface area contributed by atoms with Crippen LogP contribution in [0.1, 0.15) is 24.8 Å². The first kappa shape index (κ1) is 13.9. The number of pyridine rings is 1. The molecule has 3 rings (SSSR count). The van der Waals surface area contributed by atoms with Crippen LogP contribution in [0.2, 0.25) is 0 Å². The fraction of sp³-hybridized carbons (Fsp3) is 0.533. The van der Waals surface area contributed by atoms with E-state index in [1.807, 2.05) is 6.92 Å². The van der Waals surface area contributed by atoms with Crippen molar-refractivity contribution in [3.8, 4) is 0 Å². The lowest BCUT2D eigenvalue weighted by atomic mass is 10.1. The van der Waals surface area contributed by atoms with Crippen molar-refractivity contribution in [3.63, 3.8) is 0 Å². The van der Waals surface area contributed by atoms with Crippen LogP contribution in [0.5, 0.6) is 0 Å². The van der Waals surface area contributed by atoms with E-state index in [4.69, 9.17) is 0 Å². The van der Waals surface area contributed by atoms with E-state index in [1.165, 1.54) is 18.0 Å². The molecule has 0 radical (unpaired) electrons. The van der Waals surface area contributed by atoms with Crippen molar-refractivity contribution in [1.29, 1.82) is 0 Å². The normalized spacial score (nSPS) is 15.7. The average Bonchev–Trinajstić information content (AvgIpc) is 2.51. The minimum Gasteiger partial charge on any atom is -0.371 e. The van der Waals surface area contributed by atoms with Crippen molar-refractivity contribution in [2.75, 3.05) is 18.0 Å². The quantitative estimate of drug-likeness (QED) is 0.783. The van der Waals surface area contributed by atoms with Gasteiger partial charge >= 0.3 is 5.69 Å². The van der Waals surface area contributed by atoms with Crippen LogP contribution in [0.15, 0.2) is 15.8 Å². The summed E-state index contributed by atoms with van der Waals surface area (Å²) in [6, 6.07) is 0. The highest BCUT2D eigenvalue weighted by Crippen LogP contribution is 2.28. The number of hydrogen-bond acceptors (Lipinski definition) is 4. The molecule has 6 heteroatoms. The van der Waals surface area contributed by atoms with Crippen LogP contribution >= 0.6 is 0 Å². The molecule has 1 aliphatic heterocycles. The number of fused-ring (bicyclic) bond motifs is 1. The predicted molar refractivity (Wildman–Crippen MR) is 83.0 cm³/mol. The van der Waals surface area contributed by atoms with Crippen LogP contribution in [-0.2, 0) is 14.1 Å². The number of piperidine rings is 1. The first-order chi connectivity index (χ1) is 10.0. The summed E-state index contributed by atoms with van der Waals surface area (Å²) in [7, 11) is 3.18. The summed E-state index contributed by atoms with van der Waals surface area (Å²) < 4.78 is 2.61. The maximum Gasteiger partial charge on any atom is 0.332 e. The molecule has 1 saturated heterocycles. The van der Waals surface area contributed by atoms with Crippen LogP contribution in [0.4, 0.5) is 5.69 Å². The molecule has 0 aromatic carbocycles. The minimum absolute atomic E-state index is 0.259. The van der Waals surface area contributed by atoms with Crippen molar-refractivity contribution in [2.45, 2.75) is 26.2 Å². The maximum atomic E-state index is 12.6. The Morgan fingerprint density at radius 1 is 1.05 bits per heavy atom. The molecule has 0 aliphatic carbocycles. The van der Waals surface area contributed by atoms with E-state index >= 15 is 0 Å². The topological polar surface area (TPSA) is 60.1 Å². The zero-order valence-electron chi connectivity index (χ0n) is 12.7. The van der Waals surface area contributed by atoms with Gasteiger partial charge in [0.1, 0.15) is 5.39 Å². The van der Waals surface area contributed by atoms with Gasteiger partial charge in [0.15, 0.2) is 5.65 Å². The second-order valence-corrected chi connectivity index (χ2v) is 5.74. The minimum atomic E-state index is -0.339. The molecule has 0 N–H and O–H groups in total. The molecule has 0 atom stereocenters. The van der Waals surface area contributed by atoms with E-state index in [1.54, 1.807) is 13.2 Å². The summed E-state index contributed by atoms with van der Waals surface area (Å²) in [6.45, 7) is 3.87. The molecule has 0 unspecified atom stereocenters. The Bertz CT molecular complexity index is 813. The van der Waals surface area contributed by atoms with Crippen molar-refractivity contribution >= 4 is 16.7 Å². The van der Waals surface area contributed by atoms with Gasteiger partial charge in [-0.15, -0.1) is 0 Å². The van der Waals surface area contributed by atoms with Gasteiger partial charge in [0.05, 0.1) is 5.69 Å². The summed E-state index contributed by atoms with van der Waals surface area (Å²) in [5, 5.41) is 0.557. The Labute approximate surface area is 122 Å². The average molecular weight is 288 g/mol. The van der Waals surface area contributed by atoms with Gasteiger partial charge in [0.2, 0.25) is 0 Å². The largest absolute Gasteiger partial charge is 0.371 e. The van der Waals surface area contributed by atoms with Gasteiger partial charge in [0, 0.05) is 33.4 Å². The zero-order valence-corrected chi connectivity index (χ0v) is 12.7. The van der Waals surface area contributed by atoms with Gasteiger partial charge < -0.3 is 4.90 Å². The Morgan fingerprint density at radius 3 is 2.38 bits per heavy atom. The molecule has 2 aromatic rings. The monoisotopic (exact) mass is 288 g/mol.